The summed E-state index contributed by atoms with van der Waals surface area (Å²) in [6.45, 7) is 4.88. The standard InChI is InChI=1S/C29H31F2N7O4S/c1-37-10-12-38(13-11-37)20-3-4-21(24(17-20)32-19-8-14-42-15-9-19)29(39)34-28-27-23(35-36-28)6-7-26(33-27)43(40,41)25-16-18(30)2-5-22(25)31/h2-7,16-17,19,32H,8-15H2,1H3,(H2,34,35,36,39). The van der Waals surface area contributed by atoms with E-state index in [0.717, 1.165) is 56.8 Å². The van der Waals surface area contributed by atoms with Gasteiger partial charge in [0, 0.05) is 56.8 Å². The lowest BCUT2D eigenvalue weighted by atomic mass is 10.1. The normalized spacial score (nSPS) is 16.9. The first-order valence-electron chi connectivity index (χ1n) is 14.0. The van der Waals surface area contributed by atoms with E-state index < -0.39 is 37.3 Å². The number of nitrogens with one attached hydrogen (secondary N) is 3. The van der Waals surface area contributed by atoms with Crippen LogP contribution in [-0.4, -0.2) is 86.9 Å². The number of likely N-dealkylation sites (N-methyl/N-ethyl adjacent to an activating group) is 1. The van der Waals surface area contributed by atoms with Gasteiger partial charge in [0.15, 0.2) is 10.8 Å². The molecule has 0 atom stereocenters. The fraction of sp³-hybridized carbons (Fsp3) is 0.345. The van der Waals surface area contributed by atoms with Crippen LogP contribution in [0.5, 0.6) is 0 Å². The van der Waals surface area contributed by atoms with Gasteiger partial charge in [-0.2, -0.15) is 5.10 Å². The molecule has 4 aromatic rings. The average molecular weight is 612 g/mol. The number of ether oxygens (including phenoxy) is 1. The molecule has 0 unspecified atom stereocenters. The number of hydrogen-bond donors (Lipinski definition) is 3. The summed E-state index contributed by atoms with van der Waals surface area (Å²) in [5.74, 6) is -2.48. The Labute approximate surface area is 247 Å². The molecule has 6 rings (SSSR count). The maximum atomic E-state index is 14.3. The molecule has 0 aliphatic carbocycles. The van der Waals surface area contributed by atoms with Gasteiger partial charge >= 0.3 is 0 Å². The third-order valence-corrected chi connectivity index (χ3v) is 9.44. The lowest BCUT2D eigenvalue weighted by Crippen LogP contribution is -2.44. The van der Waals surface area contributed by atoms with Crippen molar-refractivity contribution < 1.29 is 26.7 Å². The molecule has 0 bridgehead atoms. The van der Waals surface area contributed by atoms with Crippen molar-refractivity contribution in [3.63, 3.8) is 0 Å². The SMILES string of the molecule is CN1CCN(c2ccc(C(=O)Nc3n[nH]c4ccc(S(=O)(=O)c5cc(F)ccc5F)nc34)c(NC3CCOCC3)c2)CC1. The highest BCUT2D eigenvalue weighted by atomic mass is 32.2. The number of aromatic amines is 1. The van der Waals surface area contributed by atoms with Gasteiger partial charge in [-0.05, 0) is 68.4 Å². The molecule has 2 aromatic carbocycles. The first-order valence-corrected chi connectivity index (χ1v) is 15.5. The van der Waals surface area contributed by atoms with Crippen LogP contribution in [0.2, 0.25) is 0 Å². The third kappa shape index (κ3) is 6.03. The van der Waals surface area contributed by atoms with Crippen molar-refractivity contribution >= 4 is 44.0 Å². The molecule has 11 nitrogen and oxygen atoms in total. The van der Waals surface area contributed by atoms with Crippen LogP contribution in [0.3, 0.4) is 0 Å². The second-order valence-electron chi connectivity index (χ2n) is 10.7. The molecule has 14 heteroatoms. The Morgan fingerprint density at radius 1 is 1.02 bits per heavy atom. The molecule has 226 valence electrons. The van der Waals surface area contributed by atoms with Crippen LogP contribution >= 0.6 is 0 Å². The number of carbonyl (C=O) groups excluding carboxylic acids is 1. The minimum atomic E-state index is -4.51. The van der Waals surface area contributed by atoms with E-state index in [9.17, 15) is 22.0 Å². The van der Waals surface area contributed by atoms with Crippen molar-refractivity contribution in [3.05, 3.63) is 65.7 Å². The van der Waals surface area contributed by atoms with E-state index in [2.05, 4.69) is 42.7 Å². The van der Waals surface area contributed by atoms with Gasteiger partial charge in [0.2, 0.25) is 9.84 Å². The second kappa shape index (κ2) is 11.9. The number of piperazine rings is 1. The topological polar surface area (TPSA) is 133 Å². The summed E-state index contributed by atoms with van der Waals surface area (Å²) in [6, 6.07) is 10.5. The fourth-order valence-corrected chi connectivity index (χ4v) is 6.54. The van der Waals surface area contributed by atoms with Gasteiger partial charge in [0.1, 0.15) is 22.0 Å². The molecule has 0 spiro atoms. The number of anilines is 3. The number of pyridine rings is 1. The quantitative estimate of drug-likeness (QED) is 0.286. The molecule has 2 aliphatic rings. The van der Waals surface area contributed by atoms with Crippen LogP contribution in [0, 0.1) is 11.6 Å². The molecular weight excluding hydrogens is 580 g/mol. The monoisotopic (exact) mass is 611 g/mol. The number of rotatable bonds is 7. The van der Waals surface area contributed by atoms with Gasteiger partial charge in [-0.15, -0.1) is 0 Å². The molecule has 0 radical (unpaired) electrons. The van der Waals surface area contributed by atoms with E-state index >= 15 is 0 Å². The first kappa shape index (κ1) is 29.0. The van der Waals surface area contributed by atoms with Crippen molar-refractivity contribution in [3.8, 4) is 0 Å². The molecule has 1 amide bonds. The number of nitrogens with zero attached hydrogens (tertiary/aromatic N) is 4. The van der Waals surface area contributed by atoms with Gasteiger partial charge in [-0.25, -0.2) is 22.2 Å². The number of sulfone groups is 1. The summed E-state index contributed by atoms with van der Waals surface area (Å²) in [6.07, 6.45) is 1.60. The minimum absolute atomic E-state index is 0.00285. The van der Waals surface area contributed by atoms with E-state index in [-0.39, 0.29) is 17.4 Å². The van der Waals surface area contributed by atoms with E-state index in [1.807, 2.05) is 12.1 Å². The first-order chi connectivity index (χ1) is 20.7. The van der Waals surface area contributed by atoms with Crippen molar-refractivity contribution in [2.24, 2.45) is 0 Å². The van der Waals surface area contributed by atoms with Crippen molar-refractivity contribution in [2.45, 2.75) is 28.8 Å². The van der Waals surface area contributed by atoms with Crippen molar-refractivity contribution in [2.75, 3.05) is 62.0 Å². The van der Waals surface area contributed by atoms with Crippen molar-refractivity contribution in [1.82, 2.24) is 20.1 Å². The average Bonchev–Trinajstić information content (AvgIpc) is 3.41. The van der Waals surface area contributed by atoms with Crippen LogP contribution < -0.4 is 15.5 Å². The molecule has 43 heavy (non-hydrogen) atoms. The maximum Gasteiger partial charge on any atom is 0.259 e. The predicted octanol–water partition coefficient (Wildman–Crippen LogP) is 3.66. The fourth-order valence-electron chi connectivity index (χ4n) is 5.26. The van der Waals surface area contributed by atoms with Gasteiger partial charge in [0.05, 0.1) is 11.1 Å². The number of amides is 1. The Morgan fingerprint density at radius 3 is 2.56 bits per heavy atom. The summed E-state index contributed by atoms with van der Waals surface area (Å²) in [5.41, 5.74) is 2.45. The van der Waals surface area contributed by atoms with E-state index in [1.54, 1.807) is 6.07 Å². The van der Waals surface area contributed by atoms with Gasteiger partial charge in [-0.1, -0.05) is 0 Å². The van der Waals surface area contributed by atoms with Crippen LogP contribution in [0.4, 0.5) is 26.0 Å². The number of fused-ring (bicyclic) bond motifs is 1. The van der Waals surface area contributed by atoms with Crippen LogP contribution in [0.15, 0.2) is 58.5 Å². The highest BCUT2D eigenvalue weighted by molar-refractivity contribution is 7.91. The molecule has 2 aromatic heterocycles. The molecule has 2 fully saturated rings. The molecular formula is C29H31F2N7O4S. The zero-order valence-electron chi connectivity index (χ0n) is 23.4. The van der Waals surface area contributed by atoms with E-state index in [4.69, 9.17) is 4.74 Å². The lowest BCUT2D eigenvalue weighted by molar-refractivity contribution is 0.0904. The Morgan fingerprint density at radius 2 is 1.79 bits per heavy atom. The Balaban J connectivity index is 1.30. The largest absolute Gasteiger partial charge is 0.381 e. The number of H-pyrrole nitrogens is 1. The number of aromatic nitrogens is 3. The highest BCUT2D eigenvalue weighted by Gasteiger charge is 2.26. The number of benzene rings is 2. The number of hydrogen-bond acceptors (Lipinski definition) is 9. The molecule has 2 saturated heterocycles. The summed E-state index contributed by atoms with van der Waals surface area (Å²) in [5, 5.41) is 12.6. The zero-order chi connectivity index (χ0) is 30.1. The van der Waals surface area contributed by atoms with Crippen LogP contribution in [-0.2, 0) is 14.6 Å². The molecule has 2 aliphatic heterocycles. The van der Waals surface area contributed by atoms with Gasteiger partial charge < -0.3 is 25.2 Å². The van der Waals surface area contributed by atoms with Gasteiger partial charge in [-0.3, -0.25) is 9.89 Å². The number of halogens is 2. The summed E-state index contributed by atoms with van der Waals surface area (Å²) in [4.78, 5) is 21.5. The van der Waals surface area contributed by atoms with Crippen LogP contribution in [0.1, 0.15) is 23.2 Å². The Bertz CT molecular complexity index is 1770. The Kier molecular flexibility index (Phi) is 7.99. The smallest absolute Gasteiger partial charge is 0.259 e. The second-order valence-corrected chi connectivity index (χ2v) is 12.6. The van der Waals surface area contributed by atoms with Crippen molar-refractivity contribution in [1.29, 1.82) is 0 Å². The minimum Gasteiger partial charge on any atom is -0.381 e. The van der Waals surface area contributed by atoms with E-state index in [1.165, 1.54) is 12.1 Å². The highest BCUT2D eigenvalue weighted by Crippen LogP contribution is 2.30. The summed E-state index contributed by atoms with van der Waals surface area (Å²) < 4.78 is 59.9. The predicted molar refractivity (Wildman–Crippen MR) is 157 cm³/mol. The van der Waals surface area contributed by atoms with Crippen LogP contribution in [0.25, 0.3) is 11.0 Å². The lowest BCUT2D eigenvalue weighted by Gasteiger charge is -2.34. The van der Waals surface area contributed by atoms with Gasteiger partial charge in [0.25, 0.3) is 5.91 Å². The molecule has 0 saturated carbocycles. The third-order valence-electron chi connectivity index (χ3n) is 7.77. The summed E-state index contributed by atoms with van der Waals surface area (Å²) >= 11 is 0. The molecule has 3 N–H and O–H groups in total. The maximum absolute atomic E-state index is 14.3. The molecule has 4 heterocycles. The summed E-state index contributed by atoms with van der Waals surface area (Å²) in [7, 11) is -2.42. The van der Waals surface area contributed by atoms with E-state index in [0.29, 0.717) is 36.0 Å². The Hall–Kier alpha value is -4.14. The zero-order valence-corrected chi connectivity index (χ0v) is 24.3. The number of carbonyl (C=O) groups is 1.